The van der Waals surface area contributed by atoms with Crippen LogP contribution in [0.15, 0.2) is 17.5 Å². The smallest absolute Gasteiger partial charge is 0.328 e. The molecule has 1 rings (SSSR count). The van der Waals surface area contributed by atoms with E-state index in [4.69, 9.17) is 15.0 Å². The number of ether oxygens (including phenoxy) is 2. The Morgan fingerprint density at radius 3 is 2.64 bits per heavy atom. The number of hydrogen-bond acceptors (Lipinski definition) is 6. The zero-order valence-electron chi connectivity index (χ0n) is 14.3. The van der Waals surface area contributed by atoms with E-state index in [9.17, 15) is 14.4 Å². The minimum atomic E-state index is -1.01. The summed E-state index contributed by atoms with van der Waals surface area (Å²) in [7, 11) is 1.40. The second kappa shape index (κ2) is 10.5. The number of hydrogen-bond donors (Lipinski definition) is 1. The molecule has 2 atom stereocenters. The lowest BCUT2D eigenvalue weighted by molar-refractivity contribution is -0.152. The number of rotatable bonds is 10. The average Bonchev–Trinajstić information content (AvgIpc) is 3.05. The maximum Gasteiger partial charge on any atom is 0.328 e. The molecule has 0 fully saturated rings. The van der Waals surface area contributed by atoms with Gasteiger partial charge in [0.2, 0.25) is 5.78 Å². The molecular weight excluding hydrogens is 346 g/mol. The van der Waals surface area contributed by atoms with Crippen LogP contribution in [0.2, 0.25) is 0 Å². The van der Waals surface area contributed by atoms with Crippen LogP contribution < -0.4 is 5.32 Å². The molecule has 0 spiro atoms. The third-order valence-corrected chi connectivity index (χ3v) is 4.02. The van der Waals surface area contributed by atoms with E-state index >= 15 is 0 Å². The molecule has 0 radical (unpaired) electrons. The molecule has 0 saturated carbocycles. The van der Waals surface area contributed by atoms with Crippen LogP contribution in [0.5, 0.6) is 0 Å². The van der Waals surface area contributed by atoms with Crippen molar-refractivity contribution in [1.82, 2.24) is 5.32 Å². The van der Waals surface area contributed by atoms with Gasteiger partial charge >= 0.3 is 12.2 Å². The molecule has 1 aromatic rings. The van der Waals surface area contributed by atoms with Crippen molar-refractivity contribution < 1.29 is 28.6 Å². The van der Waals surface area contributed by atoms with E-state index in [0.717, 1.165) is 6.21 Å². The Bertz CT molecular complexity index is 638. The second-order valence-electron chi connectivity index (χ2n) is 5.43. The van der Waals surface area contributed by atoms with Crippen LogP contribution in [0.1, 0.15) is 37.7 Å². The van der Waals surface area contributed by atoms with Gasteiger partial charge in [-0.1, -0.05) is 6.07 Å². The first-order valence-electron chi connectivity index (χ1n) is 7.66. The summed E-state index contributed by atoms with van der Waals surface area (Å²) in [5, 5.41) is 4.38. The summed E-state index contributed by atoms with van der Waals surface area (Å²) in [5.41, 5.74) is 8.36. The first-order chi connectivity index (χ1) is 11.9. The molecule has 0 aliphatic rings. The Labute approximate surface area is 149 Å². The molecule has 1 amide bonds. The highest BCUT2D eigenvalue weighted by Gasteiger charge is 2.29. The lowest BCUT2D eigenvalue weighted by Crippen LogP contribution is -2.45. The van der Waals surface area contributed by atoms with Crippen molar-refractivity contribution in [3.05, 3.63) is 27.9 Å². The van der Waals surface area contributed by atoms with E-state index in [-0.39, 0.29) is 18.9 Å². The Morgan fingerprint density at radius 2 is 2.12 bits per heavy atom. The van der Waals surface area contributed by atoms with Crippen LogP contribution in [0, 0.1) is 0 Å². The highest BCUT2D eigenvalue weighted by Crippen LogP contribution is 2.22. The highest BCUT2D eigenvalue weighted by atomic mass is 32.1. The number of thiophene rings is 1. The van der Waals surface area contributed by atoms with E-state index < -0.39 is 29.8 Å². The van der Waals surface area contributed by atoms with Gasteiger partial charge in [0.25, 0.3) is 5.91 Å². The Kier molecular flexibility index (Phi) is 8.69. The van der Waals surface area contributed by atoms with Gasteiger partial charge in [0.1, 0.15) is 6.04 Å². The fourth-order valence-corrected chi connectivity index (χ4v) is 2.82. The predicted molar refractivity (Wildman–Crippen MR) is 91.2 cm³/mol. The van der Waals surface area contributed by atoms with Crippen LogP contribution in [0.4, 0.5) is 0 Å². The summed E-state index contributed by atoms with van der Waals surface area (Å²) >= 11 is 1.35. The molecule has 25 heavy (non-hydrogen) atoms. The van der Waals surface area contributed by atoms with Gasteiger partial charge in [-0.25, -0.2) is 4.79 Å². The summed E-state index contributed by atoms with van der Waals surface area (Å²) < 4.78 is 10.3. The number of Topliss-reactive ketones (excluding diaryl/α,β-unsaturated/α-hetero) is 1. The van der Waals surface area contributed by atoms with Crippen molar-refractivity contribution in [2.24, 2.45) is 0 Å². The first-order valence-corrected chi connectivity index (χ1v) is 8.54. The maximum absolute atomic E-state index is 12.5. The zero-order chi connectivity index (χ0) is 18.8. The fourth-order valence-electron chi connectivity index (χ4n) is 2.02. The summed E-state index contributed by atoms with van der Waals surface area (Å²) in [5.74, 6) is -1.61. The third kappa shape index (κ3) is 6.96. The quantitative estimate of drug-likeness (QED) is 0.291. The van der Waals surface area contributed by atoms with E-state index in [1.165, 1.54) is 18.4 Å². The topological polar surface area (TPSA) is 118 Å². The van der Waals surface area contributed by atoms with E-state index in [1.807, 2.05) is 5.38 Å². The second-order valence-corrected chi connectivity index (χ2v) is 6.41. The SMILES string of the molecule is CO[C@@H](C(=O)N[C@@H](CCC(=O)C=[N+]=[N-])C(=O)OC(C)C)c1cccs1. The molecule has 1 N–H and O–H groups in total. The first kappa shape index (κ1) is 20.7. The number of nitrogens with one attached hydrogen (secondary N) is 1. The molecule has 1 aromatic heterocycles. The molecule has 0 aliphatic carbocycles. The van der Waals surface area contributed by atoms with Gasteiger partial charge in [0.15, 0.2) is 6.10 Å². The number of amides is 1. The largest absolute Gasteiger partial charge is 0.461 e. The zero-order valence-corrected chi connectivity index (χ0v) is 15.1. The number of methoxy groups -OCH3 is 1. The molecule has 0 bridgehead atoms. The minimum Gasteiger partial charge on any atom is -0.461 e. The van der Waals surface area contributed by atoms with Gasteiger partial charge in [-0.15, -0.1) is 11.3 Å². The minimum absolute atomic E-state index is 0.0169. The standard InChI is InChI=1S/C16H21N3O5S/c1-10(2)24-16(22)12(7-6-11(20)9-18-17)19-15(21)14(23-3)13-5-4-8-25-13/h4-5,8-10,12,14H,6-7H2,1-3H3,(H,19,21)/t12-,14+/m0/s1. The van der Waals surface area contributed by atoms with Crippen LogP contribution in [0.25, 0.3) is 5.53 Å². The van der Waals surface area contributed by atoms with Crippen molar-refractivity contribution in [1.29, 1.82) is 0 Å². The number of ketones is 1. The molecule has 0 aliphatic heterocycles. The van der Waals surface area contributed by atoms with Crippen LogP contribution >= 0.6 is 11.3 Å². The van der Waals surface area contributed by atoms with Gasteiger partial charge in [0.05, 0.1) is 6.10 Å². The normalized spacial score (nSPS) is 12.8. The van der Waals surface area contributed by atoms with Crippen molar-refractivity contribution in [2.45, 2.75) is 44.9 Å². The maximum atomic E-state index is 12.5. The molecule has 9 heteroatoms. The van der Waals surface area contributed by atoms with Crippen LogP contribution in [-0.4, -0.2) is 47.9 Å². The number of nitrogens with zero attached hydrogens (tertiary/aromatic N) is 2. The van der Waals surface area contributed by atoms with Crippen molar-refractivity contribution in [3.63, 3.8) is 0 Å². The molecule has 0 unspecified atom stereocenters. The Morgan fingerprint density at radius 1 is 1.40 bits per heavy atom. The lowest BCUT2D eigenvalue weighted by atomic mass is 10.1. The van der Waals surface area contributed by atoms with E-state index in [0.29, 0.717) is 4.88 Å². The van der Waals surface area contributed by atoms with Gasteiger partial charge in [-0.05, 0) is 31.7 Å². The summed E-state index contributed by atoms with van der Waals surface area (Å²) in [4.78, 5) is 39.4. The van der Waals surface area contributed by atoms with Gasteiger partial charge in [-0.2, -0.15) is 4.79 Å². The molecule has 0 saturated heterocycles. The number of carbonyl (C=O) groups excluding carboxylic acids is 3. The average molecular weight is 367 g/mol. The molecule has 136 valence electrons. The molecular formula is C16H21N3O5S. The van der Waals surface area contributed by atoms with Crippen molar-refractivity contribution in [3.8, 4) is 0 Å². The predicted octanol–water partition coefficient (Wildman–Crippen LogP) is 1.52. The highest BCUT2D eigenvalue weighted by molar-refractivity contribution is 7.10. The Balaban J connectivity index is 2.83. The monoisotopic (exact) mass is 367 g/mol. The van der Waals surface area contributed by atoms with E-state index in [1.54, 1.807) is 26.0 Å². The van der Waals surface area contributed by atoms with Crippen molar-refractivity contribution >= 4 is 35.2 Å². The number of esters is 1. The summed E-state index contributed by atoms with van der Waals surface area (Å²) in [6.45, 7) is 3.37. The van der Waals surface area contributed by atoms with Gasteiger partial charge in [-0.3, -0.25) is 9.59 Å². The lowest BCUT2D eigenvalue weighted by Gasteiger charge is -2.21. The van der Waals surface area contributed by atoms with Gasteiger partial charge < -0.3 is 20.3 Å². The van der Waals surface area contributed by atoms with Crippen LogP contribution in [-0.2, 0) is 23.9 Å². The third-order valence-electron chi connectivity index (χ3n) is 3.11. The summed E-state index contributed by atoms with van der Waals surface area (Å²) in [6.07, 6.45) is -0.542. The van der Waals surface area contributed by atoms with Gasteiger partial charge in [0, 0.05) is 18.4 Å². The molecule has 0 aromatic carbocycles. The molecule has 8 nitrogen and oxygen atoms in total. The molecule has 1 heterocycles. The van der Waals surface area contributed by atoms with E-state index in [2.05, 4.69) is 10.1 Å². The fraction of sp³-hybridized carbons (Fsp3) is 0.500. The number of carbonyl (C=O) groups is 3. The Hall–Kier alpha value is -2.35. The summed E-state index contributed by atoms with van der Waals surface area (Å²) in [6, 6.07) is 2.53. The van der Waals surface area contributed by atoms with Crippen LogP contribution in [0.3, 0.4) is 0 Å². The van der Waals surface area contributed by atoms with Crippen molar-refractivity contribution in [2.75, 3.05) is 7.11 Å².